The zero-order valence-corrected chi connectivity index (χ0v) is 11.9. The minimum absolute atomic E-state index is 0.284. The fraction of sp³-hybridized carbons (Fsp3) is 0.364. The molecule has 0 heterocycles. The van der Waals surface area contributed by atoms with Gasteiger partial charge in [0.05, 0.1) is 0 Å². The standard InChI is InChI=1S/C11H10Cl4O2/c1-7(16)6-10(17,11(13,14)15)8-2-4-9(12)5-3-8/h2-5,17H,6H2,1H3/t10-/m0/s1. The van der Waals surface area contributed by atoms with E-state index in [1.807, 2.05) is 0 Å². The summed E-state index contributed by atoms with van der Waals surface area (Å²) < 4.78 is -2.01. The van der Waals surface area contributed by atoms with E-state index in [4.69, 9.17) is 46.4 Å². The molecule has 0 saturated carbocycles. The second-order valence-electron chi connectivity index (χ2n) is 3.74. The van der Waals surface area contributed by atoms with E-state index in [-0.39, 0.29) is 12.2 Å². The maximum atomic E-state index is 11.2. The minimum atomic E-state index is -2.01. The Balaban J connectivity index is 3.24. The number of ketones is 1. The average Bonchev–Trinajstić information content (AvgIpc) is 2.15. The van der Waals surface area contributed by atoms with Crippen LogP contribution < -0.4 is 0 Å². The Labute approximate surface area is 119 Å². The van der Waals surface area contributed by atoms with E-state index in [0.717, 1.165) is 0 Å². The monoisotopic (exact) mass is 314 g/mol. The molecule has 1 N–H and O–H groups in total. The van der Waals surface area contributed by atoms with Crippen LogP contribution in [0.4, 0.5) is 0 Å². The fourth-order valence-electron chi connectivity index (χ4n) is 1.45. The van der Waals surface area contributed by atoms with Gasteiger partial charge in [-0.2, -0.15) is 0 Å². The van der Waals surface area contributed by atoms with E-state index in [1.165, 1.54) is 19.1 Å². The Morgan fingerprint density at radius 1 is 1.24 bits per heavy atom. The van der Waals surface area contributed by atoms with Gasteiger partial charge in [-0.15, -0.1) is 0 Å². The molecule has 0 aliphatic carbocycles. The first-order valence-corrected chi connectivity index (χ1v) is 6.22. The lowest BCUT2D eigenvalue weighted by Crippen LogP contribution is -2.41. The summed E-state index contributed by atoms with van der Waals surface area (Å²) in [6.45, 7) is 1.32. The second-order valence-corrected chi connectivity index (χ2v) is 6.46. The van der Waals surface area contributed by atoms with Gasteiger partial charge in [0.1, 0.15) is 11.4 Å². The number of Topliss-reactive ketones (excluding diaryl/α,β-unsaturated/α-hetero) is 1. The Kier molecular flexibility index (Phi) is 4.73. The van der Waals surface area contributed by atoms with Gasteiger partial charge in [0, 0.05) is 11.4 Å². The molecule has 0 aliphatic heterocycles. The van der Waals surface area contributed by atoms with Gasteiger partial charge in [-0.3, -0.25) is 4.79 Å². The molecule has 0 aliphatic rings. The summed E-state index contributed by atoms with van der Waals surface area (Å²) >= 11 is 23.0. The lowest BCUT2D eigenvalue weighted by molar-refractivity contribution is -0.122. The van der Waals surface area contributed by atoms with Gasteiger partial charge >= 0.3 is 0 Å². The summed E-state index contributed by atoms with van der Waals surface area (Å²) in [6, 6.07) is 6.15. The number of carbonyl (C=O) groups excluding carboxylic acids is 1. The summed E-state index contributed by atoms with van der Waals surface area (Å²) in [5.74, 6) is -0.284. The number of aliphatic hydroxyl groups is 1. The molecule has 0 bridgehead atoms. The lowest BCUT2D eigenvalue weighted by atomic mass is 9.90. The van der Waals surface area contributed by atoms with Crippen LogP contribution in [0, 0.1) is 0 Å². The lowest BCUT2D eigenvalue weighted by Gasteiger charge is -2.34. The number of benzene rings is 1. The topological polar surface area (TPSA) is 37.3 Å². The van der Waals surface area contributed by atoms with Crippen LogP contribution in [0.15, 0.2) is 24.3 Å². The van der Waals surface area contributed by atoms with Crippen molar-refractivity contribution in [2.75, 3.05) is 0 Å². The van der Waals surface area contributed by atoms with Gasteiger partial charge < -0.3 is 5.11 Å². The normalized spacial score (nSPS) is 15.4. The first kappa shape index (κ1) is 15.1. The highest BCUT2D eigenvalue weighted by Gasteiger charge is 2.49. The van der Waals surface area contributed by atoms with E-state index in [1.54, 1.807) is 12.1 Å². The molecule has 2 nitrogen and oxygen atoms in total. The molecule has 0 saturated heterocycles. The fourth-order valence-corrected chi connectivity index (χ4v) is 2.11. The highest BCUT2D eigenvalue weighted by Crippen LogP contribution is 2.47. The Hall–Kier alpha value is 0.01000. The van der Waals surface area contributed by atoms with Crippen LogP contribution in [-0.4, -0.2) is 14.7 Å². The van der Waals surface area contributed by atoms with Gasteiger partial charge in [-0.05, 0) is 24.6 Å². The molecule has 0 unspecified atom stereocenters. The highest BCUT2D eigenvalue weighted by molar-refractivity contribution is 6.68. The molecule has 1 atom stereocenters. The molecular formula is C11H10Cl4O2. The molecule has 0 fully saturated rings. The third-order valence-corrected chi connectivity index (χ3v) is 3.49. The molecule has 0 amide bonds. The van der Waals surface area contributed by atoms with Crippen molar-refractivity contribution in [3.05, 3.63) is 34.9 Å². The van der Waals surface area contributed by atoms with Gasteiger partial charge in [0.25, 0.3) is 0 Å². The average molecular weight is 316 g/mol. The van der Waals surface area contributed by atoms with E-state index in [2.05, 4.69) is 0 Å². The summed E-state index contributed by atoms with van der Waals surface area (Å²) in [5, 5.41) is 10.9. The maximum absolute atomic E-state index is 11.2. The first-order valence-electron chi connectivity index (χ1n) is 4.71. The van der Waals surface area contributed by atoms with Crippen molar-refractivity contribution < 1.29 is 9.90 Å². The molecule has 17 heavy (non-hydrogen) atoms. The minimum Gasteiger partial charge on any atom is -0.380 e. The van der Waals surface area contributed by atoms with Crippen molar-refractivity contribution in [3.63, 3.8) is 0 Å². The smallest absolute Gasteiger partial charge is 0.223 e. The molecule has 1 aromatic carbocycles. The van der Waals surface area contributed by atoms with Gasteiger partial charge in [-0.25, -0.2) is 0 Å². The maximum Gasteiger partial charge on any atom is 0.223 e. The number of halogens is 4. The molecule has 6 heteroatoms. The van der Waals surface area contributed by atoms with E-state index in [0.29, 0.717) is 10.6 Å². The predicted octanol–water partition coefficient (Wildman–Crippen LogP) is 3.88. The van der Waals surface area contributed by atoms with Crippen molar-refractivity contribution >= 4 is 52.2 Å². The second kappa shape index (κ2) is 5.33. The molecule has 1 rings (SSSR count). The van der Waals surface area contributed by atoms with Gasteiger partial charge in [0.15, 0.2) is 0 Å². The molecule has 0 spiro atoms. The largest absolute Gasteiger partial charge is 0.380 e. The van der Waals surface area contributed by atoms with Gasteiger partial charge in [-0.1, -0.05) is 58.5 Å². The van der Waals surface area contributed by atoms with Crippen LogP contribution in [0.25, 0.3) is 0 Å². The molecule has 94 valence electrons. The molecule has 0 aromatic heterocycles. The number of hydrogen-bond donors (Lipinski definition) is 1. The van der Waals surface area contributed by atoms with Crippen molar-refractivity contribution in [3.8, 4) is 0 Å². The third kappa shape index (κ3) is 3.49. The van der Waals surface area contributed by atoms with Crippen LogP contribution in [0.2, 0.25) is 5.02 Å². The van der Waals surface area contributed by atoms with Crippen LogP contribution >= 0.6 is 46.4 Å². The van der Waals surface area contributed by atoms with Crippen molar-refractivity contribution in [2.24, 2.45) is 0 Å². The number of alkyl halides is 3. The van der Waals surface area contributed by atoms with Crippen LogP contribution in [0.5, 0.6) is 0 Å². The molecular weight excluding hydrogens is 306 g/mol. The van der Waals surface area contributed by atoms with E-state index in [9.17, 15) is 9.90 Å². The Morgan fingerprint density at radius 2 is 1.71 bits per heavy atom. The van der Waals surface area contributed by atoms with Crippen molar-refractivity contribution in [1.29, 1.82) is 0 Å². The summed E-state index contributed by atoms with van der Waals surface area (Å²) in [7, 11) is 0. The quantitative estimate of drug-likeness (QED) is 0.860. The Morgan fingerprint density at radius 3 is 2.06 bits per heavy atom. The highest BCUT2D eigenvalue weighted by atomic mass is 35.6. The summed E-state index contributed by atoms with van der Waals surface area (Å²) in [6.07, 6.45) is -0.287. The Bertz CT molecular complexity index is 410. The number of rotatable bonds is 3. The summed E-state index contributed by atoms with van der Waals surface area (Å²) in [4.78, 5) is 11.2. The van der Waals surface area contributed by atoms with E-state index >= 15 is 0 Å². The third-order valence-electron chi connectivity index (χ3n) is 2.30. The van der Waals surface area contributed by atoms with E-state index < -0.39 is 9.39 Å². The first-order chi connectivity index (χ1) is 7.67. The van der Waals surface area contributed by atoms with Crippen LogP contribution in [0.3, 0.4) is 0 Å². The van der Waals surface area contributed by atoms with Crippen molar-refractivity contribution in [1.82, 2.24) is 0 Å². The number of hydrogen-bond acceptors (Lipinski definition) is 2. The zero-order chi connectivity index (χ0) is 13.3. The molecule has 1 aromatic rings. The van der Waals surface area contributed by atoms with Gasteiger partial charge in [0.2, 0.25) is 3.79 Å². The van der Waals surface area contributed by atoms with Crippen LogP contribution in [0.1, 0.15) is 18.9 Å². The zero-order valence-electron chi connectivity index (χ0n) is 8.88. The van der Waals surface area contributed by atoms with Crippen LogP contribution in [-0.2, 0) is 10.4 Å². The SMILES string of the molecule is CC(=O)C[C@](O)(c1ccc(Cl)cc1)C(Cl)(Cl)Cl. The van der Waals surface area contributed by atoms with Crippen molar-refractivity contribution in [2.45, 2.75) is 22.7 Å². The summed E-state index contributed by atoms with van der Waals surface area (Å²) in [5.41, 5.74) is -1.54. The molecule has 0 radical (unpaired) electrons. The predicted molar refractivity (Wildman–Crippen MR) is 70.9 cm³/mol. The number of carbonyl (C=O) groups is 1.